The van der Waals surface area contributed by atoms with Crippen molar-refractivity contribution < 1.29 is 8.78 Å². The molecule has 2 nitrogen and oxygen atoms in total. The number of halogens is 3. The topological polar surface area (TPSA) is 15.3 Å². The van der Waals surface area contributed by atoms with E-state index in [-0.39, 0.29) is 30.1 Å². The first-order valence-corrected chi connectivity index (χ1v) is 7.73. The largest absolute Gasteiger partial charge is 0.314 e. The molecule has 124 valence electrons. The van der Waals surface area contributed by atoms with Crippen LogP contribution >= 0.6 is 12.4 Å². The van der Waals surface area contributed by atoms with Crippen molar-refractivity contribution in [1.29, 1.82) is 0 Å². The molecule has 1 aliphatic rings. The summed E-state index contributed by atoms with van der Waals surface area (Å²) in [5.41, 5.74) is 0.496. The van der Waals surface area contributed by atoms with Crippen LogP contribution in [-0.4, -0.2) is 31.1 Å². The summed E-state index contributed by atoms with van der Waals surface area (Å²) in [7, 11) is 0. The average molecular weight is 331 g/mol. The number of nitrogens with one attached hydrogen (secondary N) is 1. The third kappa shape index (κ3) is 5.34. The van der Waals surface area contributed by atoms with Gasteiger partial charge in [-0.3, -0.25) is 4.90 Å². The molecule has 1 aromatic carbocycles. The zero-order valence-electron chi connectivity index (χ0n) is 12.9. The van der Waals surface area contributed by atoms with Gasteiger partial charge < -0.3 is 5.32 Å². The van der Waals surface area contributed by atoms with Crippen LogP contribution in [0.2, 0.25) is 0 Å². The Kier molecular flexibility index (Phi) is 8.61. The van der Waals surface area contributed by atoms with Gasteiger partial charge in [-0.1, -0.05) is 12.5 Å². The molecule has 0 unspecified atom stereocenters. The highest BCUT2D eigenvalue weighted by molar-refractivity contribution is 5.85. The Hall–Kier alpha value is -0.970. The van der Waals surface area contributed by atoms with Crippen molar-refractivity contribution in [3.63, 3.8) is 0 Å². The minimum Gasteiger partial charge on any atom is -0.314 e. The van der Waals surface area contributed by atoms with Gasteiger partial charge in [-0.05, 0) is 37.5 Å². The molecule has 0 saturated carbocycles. The van der Waals surface area contributed by atoms with E-state index in [2.05, 4.69) is 16.8 Å². The van der Waals surface area contributed by atoms with E-state index in [9.17, 15) is 8.78 Å². The molecule has 0 amide bonds. The number of benzene rings is 1. The lowest BCUT2D eigenvalue weighted by atomic mass is 9.97. The predicted molar refractivity (Wildman–Crippen MR) is 89.5 cm³/mol. The van der Waals surface area contributed by atoms with E-state index in [1.165, 1.54) is 18.2 Å². The molecule has 0 bridgehead atoms. The minimum absolute atomic E-state index is 0. The summed E-state index contributed by atoms with van der Waals surface area (Å²) in [5.74, 6) is -0.665. The van der Waals surface area contributed by atoms with E-state index in [0.717, 1.165) is 51.9 Å². The maximum atomic E-state index is 14.1. The molecule has 1 aliphatic heterocycles. The Balaban J connectivity index is 0.00000242. The second-order valence-corrected chi connectivity index (χ2v) is 5.54. The van der Waals surface area contributed by atoms with Gasteiger partial charge in [0.15, 0.2) is 0 Å². The van der Waals surface area contributed by atoms with Crippen LogP contribution in [0, 0.1) is 11.6 Å². The maximum absolute atomic E-state index is 14.1. The molecule has 0 spiro atoms. The van der Waals surface area contributed by atoms with Gasteiger partial charge in [0.05, 0.1) is 0 Å². The molecule has 2 rings (SSSR count). The summed E-state index contributed by atoms with van der Waals surface area (Å²) in [4.78, 5) is 2.27. The van der Waals surface area contributed by atoms with Gasteiger partial charge in [0.25, 0.3) is 0 Å². The lowest BCUT2D eigenvalue weighted by Gasteiger charge is -2.35. The molecular formula is C17H25ClF2N2. The Morgan fingerprint density at radius 1 is 1.23 bits per heavy atom. The first kappa shape index (κ1) is 19.1. The number of rotatable bonds is 7. The molecule has 0 aliphatic carbocycles. The van der Waals surface area contributed by atoms with Gasteiger partial charge in [-0.2, -0.15) is 0 Å². The normalized spacial score (nSPS) is 16.8. The van der Waals surface area contributed by atoms with E-state index >= 15 is 0 Å². The fourth-order valence-electron chi connectivity index (χ4n) is 2.92. The van der Waals surface area contributed by atoms with Crippen LogP contribution < -0.4 is 5.32 Å². The van der Waals surface area contributed by atoms with Crippen molar-refractivity contribution in [1.82, 2.24) is 10.2 Å². The van der Waals surface area contributed by atoms with Crippen molar-refractivity contribution in [2.75, 3.05) is 26.2 Å². The van der Waals surface area contributed by atoms with Crippen molar-refractivity contribution >= 4 is 12.4 Å². The second-order valence-electron chi connectivity index (χ2n) is 5.54. The predicted octanol–water partition coefficient (Wildman–Crippen LogP) is 4.08. The molecule has 5 heteroatoms. The van der Waals surface area contributed by atoms with Gasteiger partial charge in [-0.25, -0.2) is 8.78 Å². The van der Waals surface area contributed by atoms with Crippen LogP contribution in [-0.2, 0) is 0 Å². The Labute approximate surface area is 138 Å². The van der Waals surface area contributed by atoms with E-state index < -0.39 is 0 Å². The summed E-state index contributed by atoms with van der Waals surface area (Å²) >= 11 is 0. The smallest absolute Gasteiger partial charge is 0.128 e. The molecule has 0 radical (unpaired) electrons. The minimum atomic E-state index is -0.363. The number of piperazine rings is 1. The fraction of sp³-hybridized carbons (Fsp3) is 0.529. The molecule has 1 N–H and O–H groups in total. The average Bonchev–Trinajstić information content (AvgIpc) is 2.51. The first-order chi connectivity index (χ1) is 10.2. The Morgan fingerprint density at radius 3 is 2.64 bits per heavy atom. The highest BCUT2D eigenvalue weighted by Crippen LogP contribution is 2.29. The zero-order chi connectivity index (χ0) is 15.1. The van der Waals surface area contributed by atoms with Gasteiger partial charge in [0.2, 0.25) is 0 Å². The van der Waals surface area contributed by atoms with Gasteiger partial charge in [0.1, 0.15) is 11.6 Å². The number of unbranched alkanes of at least 4 members (excludes halogenated alkanes) is 2. The zero-order valence-corrected chi connectivity index (χ0v) is 13.7. The van der Waals surface area contributed by atoms with E-state index in [1.54, 1.807) is 0 Å². The Morgan fingerprint density at radius 2 is 1.95 bits per heavy atom. The Bertz CT molecular complexity index is 462. The number of hydrogen-bond donors (Lipinski definition) is 1. The molecule has 1 fully saturated rings. The van der Waals surface area contributed by atoms with Crippen LogP contribution in [0.4, 0.5) is 8.78 Å². The van der Waals surface area contributed by atoms with Crippen molar-refractivity contribution in [3.05, 3.63) is 48.1 Å². The summed E-state index contributed by atoms with van der Waals surface area (Å²) in [6.07, 6.45) is 5.77. The number of hydrogen-bond acceptors (Lipinski definition) is 2. The highest BCUT2D eigenvalue weighted by atomic mass is 35.5. The third-order valence-corrected chi connectivity index (χ3v) is 4.05. The van der Waals surface area contributed by atoms with Crippen LogP contribution in [0.3, 0.4) is 0 Å². The number of allylic oxidation sites excluding steroid dienone is 1. The lowest BCUT2D eigenvalue weighted by molar-refractivity contribution is 0.159. The number of nitrogens with zero attached hydrogens (tertiary/aromatic N) is 1. The third-order valence-electron chi connectivity index (χ3n) is 4.05. The standard InChI is InChI=1S/C17H24F2N2.ClH/c1-2-3-4-5-6-17(21-11-9-20-10-12-21)15-13-14(18)7-8-16(15)19;/h2,7-8,13,17,20H,1,3-6,9-12H2;1H/t17-;/m0./s1. The summed E-state index contributed by atoms with van der Waals surface area (Å²) < 4.78 is 27.6. The van der Waals surface area contributed by atoms with Crippen LogP contribution in [0.5, 0.6) is 0 Å². The molecule has 1 atom stereocenters. The van der Waals surface area contributed by atoms with Gasteiger partial charge in [-0.15, -0.1) is 19.0 Å². The van der Waals surface area contributed by atoms with Crippen molar-refractivity contribution in [3.8, 4) is 0 Å². The molecule has 1 heterocycles. The lowest BCUT2D eigenvalue weighted by Crippen LogP contribution is -2.45. The molecule has 1 saturated heterocycles. The summed E-state index contributed by atoms with van der Waals surface area (Å²) in [6.45, 7) is 7.28. The van der Waals surface area contributed by atoms with Crippen molar-refractivity contribution in [2.24, 2.45) is 0 Å². The second kappa shape index (κ2) is 9.93. The van der Waals surface area contributed by atoms with Gasteiger partial charge >= 0.3 is 0 Å². The summed E-state index contributed by atoms with van der Waals surface area (Å²) in [5, 5.41) is 3.30. The first-order valence-electron chi connectivity index (χ1n) is 7.73. The van der Waals surface area contributed by atoms with Crippen LogP contribution in [0.25, 0.3) is 0 Å². The van der Waals surface area contributed by atoms with E-state index in [0.29, 0.717) is 5.56 Å². The maximum Gasteiger partial charge on any atom is 0.128 e. The molecule has 22 heavy (non-hydrogen) atoms. The molecule has 0 aromatic heterocycles. The summed E-state index contributed by atoms with van der Waals surface area (Å²) in [6, 6.07) is 3.75. The van der Waals surface area contributed by atoms with E-state index in [1.807, 2.05) is 6.08 Å². The monoisotopic (exact) mass is 330 g/mol. The van der Waals surface area contributed by atoms with Gasteiger partial charge in [0, 0.05) is 37.8 Å². The molecular weight excluding hydrogens is 306 g/mol. The van der Waals surface area contributed by atoms with Crippen LogP contribution in [0.1, 0.15) is 37.3 Å². The molecule has 1 aromatic rings. The SMILES string of the molecule is C=CCCCC[C@@H](c1cc(F)ccc1F)N1CCNCC1.Cl. The van der Waals surface area contributed by atoms with Crippen LogP contribution in [0.15, 0.2) is 30.9 Å². The quantitative estimate of drug-likeness (QED) is 0.598. The van der Waals surface area contributed by atoms with E-state index in [4.69, 9.17) is 0 Å². The van der Waals surface area contributed by atoms with Crippen molar-refractivity contribution in [2.45, 2.75) is 31.7 Å². The highest BCUT2D eigenvalue weighted by Gasteiger charge is 2.24. The fourth-order valence-corrected chi connectivity index (χ4v) is 2.92.